The molecule has 0 saturated heterocycles. The number of thiocarbonyl (C=S) groups is 1. The van der Waals surface area contributed by atoms with Gasteiger partial charge in [-0.25, -0.2) is 4.39 Å². The maximum atomic E-state index is 12.7. The Bertz CT molecular complexity index is 385. The highest BCUT2D eigenvalue weighted by atomic mass is 32.1. The van der Waals surface area contributed by atoms with Gasteiger partial charge in [-0.05, 0) is 55.2 Å². The molecule has 4 heteroatoms. The van der Waals surface area contributed by atoms with Crippen LogP contribution in [-0.2, 0) is 0 Å². The molecule has 2 N–H and O–H groups in total. The molecule has 0 spiro atoms. The molecule has 0 radical (unpaired) electrons. The molecule has 1 aromatic carbocycles. The van der Waals surface area contributed by atoms with E-state index in [-0.39, 0.29) is 5.82 Å². The summed E-state index contributed by atoms with van der Waals surface area (Å²) in [6.07, 6.45) is 6.64. The summed E-state index contributed by atoms with van der Waals surface area (Å²) >= 11 is 5.22. The SMILES string of the molecule is Fc1ccc(NC(=S)NCC2CCCCC2)cc1. The first-order valence-electron chi connectivity index (χ1n) is 6.54. The van der Waals surface area contributed by atoms with Crippen LogP contribution in [0, 0.1) is 11.7 Å². The van der Waals surface area contributed by atoms with Crippen LogP contribution in [-0.4, -0.2) is 11.7 Å². The Kier molecular flexibility index (Phi) is 4.93. The van der Waals surface area contributed by atoms with Crippen LogP contribution >= 0.6 is 12.2 Å². The molecule has 0 bridgehead atoms. The molecular formula is C14H19FN2S. The zero-order valence-electron chi connectivity index (χ0n) is 10.4. The first-order valence-corrected chi connectivity index (χ1v) is 6.95. The molecule has 0 atom stereocenters. The average molecular weight is 266 g/mol. The van der Waals surface area contributed by atoms with Crippen molar-refractivity contribution >= 4 is 23.0 Å². The maximum Gasteiger partial charge on any atom is 0.170 e. The van der Waals surface area contributed by atoms with Crippen LogP contribution in [0.4, 0.5) is 10.1 Å². The van der Waals surface area contributed by atoms with Crippen molar-refractivity contribution in [3.63, 3.8) is 0 Å². The van der Waals surface area contributed by atoms with E-state index in [2.05, 4.69) is 10.6 Å². The van der Waals surface area contributed by atoms with Crippen LogP contribution in [0.3, 0.4) is 0 Å². The molecule has 2 rings (SSSR count). The van der Waals surface area contributed by atoms with Gasteiger partial charge >= 0.3 is 0 Å². The fourth-order valence-electron chi connectivity index (χ4n) is 2.34. The molecular weight excluding hydrogens is 247 g/mol. The lowest BCUT2D eigenvalue weighted by molar-refractivity contribution is 0.357. The lowest BCUT2D eigenvalue weighted by Crippen LogP contribution is -2.33. The topological polar surface area (TPSA) is 24.1 Å². The minimum Gasteiger partial charge on any atom is -0.362 e. The van der Waals surface area contributed by atoms with Gasteiger partial charge in [-0.3, -0.25) is 0 Å². The first-order chi connectivity index (χ1) is 8.74. The maximum absolute atomic E-state index is 12.7. The van der Waals surface area contributed by atoms with E-state index in [1.54, 1.807) is 12.1 Å². The largest absolute Gasteiger partial charge is 0.362 e. The van der Waals surface area contributed by atoms with E-state index in [0.717, 1.165) is 18.2 Å². The van der Waals surface area contributed by atoms with Crippen molar-refractivity contribution in [1.29, 1.82) is 0 Å². The van der Waals surface area contributed by atoms with Crippen LogP contribution in [0.1, 0.15) is 32.1 Å². The number of halogens is 1. The van der Waals surface area contributed by atoms with E-state index in [1.165, 1.54) is 44.2 Å². The van der Waals surface area contributed by atoms with Gasteiger partial charge in [0, 0.05) is 12.2 Å². The second-order valence-corrected chi connectivity index (χ2v) is 5.25. The summed E-state index contributed by atoms with van der Waals surface area (Å²) in [6.45, 7) is 0.938. The summed E-state index contributed by atoms with van der Waals surface area (Å²) in [5, 5.41) is 6.92. The van der Waals surface area contributed by atoms with Crippen LogP contribution in [0.25, 0.3) is 0 Å². The predicted molar refractivity (Wildman–Crippen MR) is 77.2 cm³/mol. The summed E-state index contributed by atoms with van der Waals surface area (Å²) in [4.78, 5) is 0. The van der Waals surface area contributed by atoms with Gasteiger partial charge in [-0.15, -0.1) is 0 Å². The summed E-state index contributed by atoms with van der Waals surface area (Å²) in [5.74, 6) is 0.508. The summed E-state index contributed by atoms with van der Waals surface area (Å²) < 4.78 is 12.7. The zero-order chi connectivity index (χ0) is 12.8. The second-order valence-electron chi connectivity index (χ2n) is 4.85. The second kappa shape index (κ2) is 6.69. The minimum atomic E-state index is -0.235. The molecule has 1 aliphatic carbocycles. The number of nitrogens with one attached hydrogen (secondary N) is 2. The number of hydrogen-bond donors (Lipinski definition) is 2. The average Bonchev–Trinajstić information content (AvgIpc) is 2.40. The highest BCUT2D eigenvalue weighted by Crippen LogP contribution is 2.22. The summed E-state index contributed by atoms with van der Waals surface area (Å²) in [6, 6.07) is 6.21. The summed E-state index contributed by atoms with van der Waals surface area (Å²) in [7, 11) is 0. The Morgan fingerprint density at radius 2 is 1.83 bits per heavy atom. The molecule has 18 heavy (non-hydrogen) atoms. The minimum absolute atomic E-state index is 0.235. The molecule has 1 saturated carbocycles. The predicted octanol–water partition coefficient (Wildman–Crippen LogP) is 3.69. The third kappa shape index (κ3) is 4.26. The monoisotopic (exact) mass is 266 g/mol. The van der Waals surface area contributed by atoms with Crippen molar-refractivity contribution in [3.8, 4) is 0 Å². The van der Waals surface area contributed by atoms with Crippen molar-refractivity contribution in [2.45, 2.75) is 32.1 Å². The molecule has 1 fully saturated rings. The van der Waals surface area contributed by atoms with Gasteiger partial charge in [0.15, 0.2) is 5.11 Å². The van der Waals surface area contributed by atoms with Crippen LogP contribution in [0.15, 0.2) is 24.3 Å². The fraction of sp³-hybridized carbons (Fsp3) is 0.500. The number of hydrogen-bond acceptors (Lipinski definition) is 1. The van der Waals surface area contributed by atoms with Crippen molar-refractivity contribution < 1.29 is 4.39 Å². The van der Waals surface area contributed by atoms with Crippen molar-refractivity contribution in [3.05, 3.63) is 30.1 Å². The Hall–Kier alpha value is -1.16. The number of anilines is 1. The van der Waals surface area contributed by atoms with Crippen molar-refractivity contribution in [2.24, 2.45) is 5.92 Å². The first kappa shape index (κ1) is 13.3. The quantitative estimate of drug-likeness (QED) is 0.816. The molecule has 1 aromatic rings. The molecule has 0 amide bonds. The van der Waals surface area contributed by atoms with E-state index in [1.807, 2.05) is 0 Å². The lowest BCUT2D eigenvalue weighted by Gasteiger charge is -2.22. The van der Waals surface area contributed by atoms with E-state index in [4.69, 9.17) is 12.2 Å². The van der Waals surface area contributed by atoms with Gasteiger partial charge in [-0.1, -0.05) is 19.3 Å². The van der Waals surface area contributed by atoms with E-state index < -0.39 is 0 Å². The zero-order valence-corrected chi connectivity index (χ0v) is 11.2. The molecule has 1 aliphatic rings. The van der Waals surface area contributed by atoms with Crippen LogP contribution in [0.5, 0.6) is 0 Å². The number of benzene rings is 1. The number of rotatable bonds is 3. The van der Waals surface area contributed by atoms with E-state index in [9.17, 15) is 4.39 Å². The smallest absolute Gasteiger partial charge is 0.170 e. The van der Waals surface area contributed by atoms with Gasteiger partial charge in [-0.2, -0.15) is 0 Å². The van der Waals surface area contributed by atoms with Gasteiger partial charge in [0.1, 0.15) is 5.82 Å². The molecule has 0 heterocycles. The Morgan fingerprint density at radius 1 is 1.17 bits per heavy atom. The fourth-order valence-corrected chi connectivity index (χ4v) is 2.54. The highest BCUT2D eigenvalue weighted by Gasteiger charge is 2.13. The molecule has 0 aromatic heterocycles. The Morgan fingerprint density at radius 3 is 2.50 bits per heavy atom. The van der Waals surface area contributed by atoms with Gasteiger partial charge in [0.05, 0.1) is 0 Å². The standard InChI is InChI=1S/C14H19FN2S/c15-12-6-8-13(9-7-12)17-14(18)16-10-11-4-2-1-3-5-11/h6-9,11H,1-5,10H2,(H2,16,17,18). The highest BCUT2D eigenvalue weighted by molar-refractivity contribution is 7.80. The summed E-state index contributed by atoms with van der Waals surface area (Å²) in [5.41, 5.74) is 0.817. The van der Waals surface area contributed by atoms with Crippen molar-refractivity contribution in [1.82, 2.24) is 5.32 Å². The van der Waals surface area contributed by atoms with E-state index in [0.29, 0.717) is 5.11 Å². The Labute approximate surface area is 113 Å². The Balaban J connectivity index is 1.73. The van der Waals surface area contributed by atoms with Crippen LogP contribution in [0.2, 0.25) is 0 Å². The molecule has 0 unspecified atom stereocenters. The van der Waals surface area contributed by atoms with Gasteiger partial charge in [0.2, 0.25) is 0 Å². The van der Waals surface area contributed by atoms with Gasteiger partial charge < -0.3 is 10.6 Å². The molecule has 0 aliphatic heterocycles. The normalized spacial score (nSPS) is 16.3. The van der Waals surface area contributed by atoms with E-state index >= 15 is 0 Å². The van der Waals surface area contributed by atoms with Crippen molar-refractivity contribution in [2.75, 3.05) is 11.9 Å². The third-order valence-electron chi connectivity index (χ3n) is 3.38. The lowest BCUT2D eigenvalue weighted by atomic mass is 9.89. The molecule has 98 valence electrons. The molecule has 2 nitrogen and oxygen atoms in total. The van der Waals surface area contributed by atoms with Gasteiger partial charge in [0.25, 0.3) is 0 Å². The third-order valence-corrected chi connectivity index (χ3v) is 3.62. The van der Waals surface area contributed by atoms with Crippen LogP contribution < -0.4 is 10.6 Å².